The van der Waals surface area contributed by atoms with Crippen molar-refractivity contribution in [2.45, 2.75) is 40.4 Å². The van der Waals surface area contributed by atoms with Gasteiger partial charge in [0.1, 0.15) is 13.2 Å². The standard InChI is InChI=1S/C16H27NO7/c1-11(2)10-23-13(5)24-14(18)6-8-22-16(20)17-7-9-21-15(19)12(3)4/h11,13H,3,6-10H2,1-2,4-5H3,(H,17,20). The Morgan fingerprint density at radius 3 is 2.33 bits per heavy atom. The second-order valence-corrected chi connectivity index (χ2v) is 5.51. The van der Waals surface area contributed by atoms with Crippen LogP contribution in [0, 0.1) is 5.92 Å². The average molecular weight is 345 g/mol. The molecule has 0 heterocycles. The lowest BCUT2D eigenvalue weighted by molar-refractivity contribution is -0.177. The van der Waals surface area contributed by atoms with Crippen molar-refractivity contribution in [1.82, 2.24) is 5.32 Å². The number of rotatable bonds is 11. The molecule has 0 aliphatic heterocycles. The van der Waals surface area contributed by atoms with Crippen molar-refractivity contribution in [3.05, 3.63) is 12.2 Å². The van der Waals surface area contributed by atoms with Crippen molar-refractivity contribution in [3.63, 3.8) is 0 Å². The molecule has 0 aliphatic carbocycles. The zero-order valence-corrected chi connectivity index (χ0v) is 14.8. The minimum atomic E-state index is -0.710. The fraction of sp³-hybridized carbons (Fsp3) is 0.688. The van der Waals surface area contributed by atoms with Crippen LogP contribution in [0.4, 0.5) is 4.79 Å². The summed E-state index contributed by atoms with van der Waals surface area (Å²) in [6.07, 6.45) is -1.43. The van der Waals surface area contributed by atoms with E-state index in [-0.39, 0.29) is 31.8 Å². The van der Waals surface area contributed by atoms with E-state index in [1.54, 1.807) is 6.92 Å². The molecule has 0 aliphatic rings. The fourth-order valence-electron chi connectivity index (χ4n) is 1.30. The number of esters is 2. The first-order valence-corrected chi connectivity index (χ1v) is 7.76. The van der Waals surface area contributed by atoms with E-state index in [1.807, 2.05) is 13.8 Å². The summed E-state index contributed by atoms with van der Waals surface area (Å²) >= 11 is 0. The summed E-state index contributed by atoms with van der Waals surface area (Å²) in [5, 5.41) is 2.38. The molecule has 138 valence electrons. The first kappa shape index (κ1) is 21.9. The molecule has 24 heavy (non-hydrogen) atoms. The van der Waals surface area contributed by atoms with Crippen molar-refractivity contribution in [1.29, 1.82) is 0 Å². The molecule has 0 spiro atoms. The van der Waals surface area contributed by atoms with Crippen LogP contribution in [0.1, 0.15) is 34.1 Å². The van der Waals surface area contributed by atoms with Gasteiger partial charge in [0.2, 0.25) is 0 Å². The molecule has 0 aromatic heterocycles. The van der Waals surface area contributed by atoms with Crippen LogP contribution in [0.2, 0.25) is 0 Å². The third-order valence-electron chi connectivity index (χ3n) is 2.45. The third kappa shape index (κ3) is 12.5. The Kier molecular flexibility index (Phi) is 11.3. The molecule has 1 atom stereocenters. The van der Waals surface area contributed by atoms with Gasteiger partial charge in [0, 0.05) is 5.57 Å². The van der Waals surface area contributed by atoms with Gasteiger partial charge in [-0.1, -0.05) is 20.4 Å². The van der Waals surface area contributed by atoms with Crippen LogP contribution in [0.15, 0.2) is 12.2 Å². The van der Waals surface area contributed by atoms with Gasteiger partial charge in [0.15, 0.2) is 6.29 Å². The van der Waals surface area contributed by atoms with Crippen molar-refractivity contribution in [2.75, 3.05) is 26.4 Å². The molecule has 1 unspecified atom stereocenters. The lowest BCUT2D eigenvalue weighted by Crippen LogP contribution is -2.29. The first-order valence-electron chi connectivity index (χ1n) is 7.76. The van der Waals surface area contributed by atoms with Gasteiger partial charge in [-0.05, 0) is 19.8 Å². The maximum Gasteiger partial charge on any atom is 0.407 e. The smallest absolute Gasteiger partial charge is 0.407 e. The monoisotopic (exact) mass is 345 g/mol. The van der Waals surface area contributed by atoms with E-state index in [4.69, 9.17) is 18.9 Å². The summed E-state index contributed by atoms with van der Waals surface area (Å²) in [6, 6.07) is 0. The molecule has 1 N–H and O–H groups in total. The Hall–Kier alpha value is -2.09. The molecule has 0 saturated heterocycles. The molecular formula is C16H27NO7. The summed E-state index contributed by atoms with van der Waals surface area (Å²) < 4.78 is 19.9. The largest absolute Gasteiger partial charge is 0.460 e. The SMILES string of the molecule is C=C(C)C(=O)OCCNC(=O)OCCC(=O)OC(C)OCC(C)C. The van der Waals surface area contributed by atoms with Crippen LogP contribution in [-0.4, -0.2) is 50.7 Å². The molecule has 0 rings (SSSR count). The Bertz CT molecular complexity index is 434. The summed E-state index contributed by atoms with van der Waals surface area (Å²) in [4.78, 5) is 33.9. The van der Waals surface area contributed by atoms with Gasteiger partial charge in [0.05, 0.1) is 19.6 Å². The Morgan fingerprint density at radius 2 is 1.75 bits per heavy atom. The summed E-state index contributed by atoms with van der Waals surface area (Å²) in [5.41, 5.74) is 0.280. The molecule has 0 bridgehead atoms. The maximum atomic E-state index is 11.5. The Balaban J connectivity index is 3.68. The molecule has 0 aromatic carbocycles. The minimum Gasteiger partial charge on any atom is -0.460 e. The number of alkyl carbamates (subject to hydrolysis) is 1. The lowest BCUT2D eigenvalue weighted by atomic mass is 10.2. The highest BCUT2D eigenvalue weighted by molar-refractivity contribution is 5.86. The highest BCUT2D eigenvalue weighted by atomic mass is 16.7. The molecule has 0 aromatic rings. The second-order valence-electron chi connectivity index (χ2n) is 5.51. The lowest BCUT2D eigenvalue weighted by Gasteiger charge is -2.15. The minimum absolute atomic E-state index is 0.00748. The fourth-order valence-corrected chi connectivity index (χ4v) is 1.30. The number of hydrogen-bond acceptors (Lipinski definition) is 7. The normalized spacial score (nSPS) is 11.5. The second kappa shape index (κ2) is 12.3. The first-order chi connectivity index (χ1) is 11.2. The number of amides is 1. The zero-order valence-electron chi connectivity index (χ0n) is 14.8. The van der Waals surface area contributed by atoms with Gasteiger partial charge in [0.25, 0.3) is 0 Å². The number of hydrogen-bond donors (Lipinski definition) is 1. The van der Waals surface area contributed by atoms with Gasteiger partial charge < -0.3 is 24.3 Å². The molecular weight excluding hydrogens is 318 g/mol. The van der Waals surface area contributed by atoms with E-state index in [1.165, 1.54) is 6.92 Å². The zero-order chi connectivity index (χ0) is 18.5. The Morgan fingerprint density at radius 1 is 1.08 bits per heavy atom. The number of carbonyl (C=O) groups is 3. The van der Waals surface area contributed by atoms with E-state index in [2.05, 4.69) is 11.9 Å². The third-order valence-corrected chi connectivity index (χ3v) is 2.45. The van der Waals surface area contributed by atoms with Gasteiger partial charge in [-0.15, -0.1) is 0 Å². The molecule has 1 amide bonds. The molecule has 0 saturated carbocycles. The van der Waals surface area contributed by atoms with Gasteiger partial charge in [-0.25, -0.2) is 9.59 Å². The average Bonchev–Trinajstić information content (AvgIpc) is 2.49. The molecule has 0 radical (unpaired) electrons. The number of nitrogens with one attached hydrogen (secondary N) is 1. The van der Waals surface area contributed by atoms with Gasteiger partial charge in [-0.2, -0.15) is 0 Å². The predicted octanol–water partition coefficient (Wildman–Crippen LogP) is 1.78. The van der Waals surface area contributed by atoms with Crippen molar-refractivity contribution < 1.29 is 33.3 Å². The topological polar surface area (TPSA) is 100 Å². The van der Waals surface area contributed by atoms with E-state index in [9.17, 15) is 14.4 Å². The number of ether oxygens (including phenoxy) is 4. The van der Waals surface area contributed by atoms with Gasteiger partial charge >= 0.3 is 18.0 Å². The quantitative estimate of drug-likeness (QED) is 0.200. The van der Waals surface area contributed by atoms with Crippen LogP contribution in [0.25, 0.3) is 0 Å². The Labute approximate surface area is 142 Å². The highest BCUT2D eigenvalue weighted by Crippen LogP contribution is 2.01. The van der Waals surface area contributed by atoms with Crippen LogP contribution in [-0.2, 0) is 28.5 Å². The van der Waals surface area contributed by atoms with E-state index >= 15 is 0 Å². The summed E-state index contributed by atoms with van der Waals surface area (Å²) in [6.45, 7) is 11.0. The number of carbonyl (C=O) groups excluding carboxylic acids is 3. The van der Waals surface area contributed by atoms with Crippen LogP contribution >= 0.6 is 0 Å². The highest BCUT2D eigenvalue weighted by Gasteiger charge is 2.11. The van der Waals surface area contributed by atoms with Crippen LogP contribution in [0.3, 0.4) is 0 Å². The van der Waals surface area contributed by atoms with Crippen LogP contribution in [0.5, 0.6) is 0 Å². The van der Waals surface area contributed by atoms with E-state index in [0.717, 1.165) is 0 Å². The van der Waals surface area contributed by atoms with Crippen LogP contribution < -0.4 is 5.32 Å². The summed E-state index contributed by atoms with van der Waals surface area (Å²) in [7, 11) is 0. The van der Waals surface area contributed by atoms with Crippen molar-refractivity contribution >= 4 is 18.0 Å². The molecule has 8 heteroatoms. The predicted molar refractivity (Wildman–Crippen MR) is 86.1 cm³/mol. The van der Waals surface area contributed by atoms with Crippen molar-refractivity contribution in [3.8, 4) is 0 Å². The summed E-state index contributed by atoms with van der Waals surface area (Å²) in [5.74, 6) is -0.705. The molecule has 0 fully saturated rings. The maximum absolute atomic E-state index is 11.5. The van der Waals surface area contributed by atoms with E-state index < -0.39 is 24.3 Å². The molecule has 8 nitrogen and oxygen atoms in total. The van der Waals surface area contributed by atoms with Gasteiger partial charge in [-0.3, -0.25) is 4.79 Å². The van der Waals surface area contributed by atoms with E-state index in [0.29, 0.717) is 12.5 Å². The van der Waals surface area contributed by atoms with Crippen molar-refractivity contribution in [2.24, 2.45) is 5.92 Å².